The summed E-state index contributed by atoms with van der Waals surface area (Å²) in [6.45, 7) is -0.247. The Morgan fingerprint density at radius 3 is 2.55 bits per heavy atom. The summed E-state index contributed by atoms with van der Waals surface area (Å²) >= 11 is 0. The zero-order chi connectivity index (χ0) is 14.7. The monoisotopic (exact) mass is 276 g/mol. The Kier molecular flexibility index (Phi) is 3.93. The minimum atomic E-state index is -0.767. The Bertz CT molecular complexity index is 761. The summed E-state index contributed by atoms with van der Waals surface area (Å²) in [5.74, 6) is -0.803. The topological polar surface area (TPSA) is 61.1 Å². The molecule has 0 bridgehead atoms. The van der Waals surface area contributed by atoms with Crippen LogP contribution in [0.5, 0.6) is 0 Å². The number of carbonyl (C=O) groups is 1. The molecule has 20 heavy (non-hydrogen) atoms. The summed E-state index contributed by atoms with van der Waals surface area (Å²) < 4.78 is 15.6. The number of ketones is 1. The molecule has 0 radical (unpaired) electrons. The Balaban J connectivity index is 2.18. The van der Waals surface area contributed by atoms with Gasteiger partial charge in [-0.15, -0.1) is 0 Å². The second kappa shape index (κ2) is 5.64. The van der Waals surface area contributed by atoms with Gasteiger partial charge in [-0.3, -0.25) is 14.4 Å². The predicted molar refractivity (Wildman–Crippen MR) is 71.1 cm³/mol. The van der Waals surface area contributed by atoms with Crippen molar-refractivity contribution in [1.29, 1.82) is 0 Å². The van der Waals surface area contributed by atoms with E-state index in [-0.39, 0.29) is 24.3 Å². The fourth-order valence-electron chi connectivity index (χ4n) is 1.81. The lowest BCUT2D eigenvalue weighted by molar-refractivity contribution is -0.119. The van der Waals surface area contributed by atoms with Gasteiger partial charge < -0.3 is 9.13 Å². The van der Waals surface area contributed by atoms with Crippen LogP contribution in [-0.4, -0.2) is 14.9 Å². The van der Waals surface area contributed by atoms with Crippen molar-refractivity contribution in [2.75, 3.05) is 0 Å². The standard InChI is InChI=1S/C14H13FN2O3/c1-16-6-7-17(14(20)13(16)19)9-11(18)8-10-4-2-3-5-12(10)15/h2-7H,8-9H2,1H3. The van der Waals surface area contributed by atoms with Crippen LogP contribution in [0.25, 0.3) is 0 Å². The molecule has 1 aromatic heterocycles. The first-order chi connectivity index (χ1) is 9.49. The van der Waals surface area contributed by atoms with Crippen molar-refractivity contribution in [1.82, 2.24) is 9.13 Å². The minimum absolute atomic E-state index is 0.117. The summed E-state index contributed by atoms with van der Waals surface area (Å²) in [5.41, 5.74) is -1.20. The quantitative estimate of drug-likeness (QED) is 0.764. The molecule has 0 aliphatic rings. The lowest BCUT2D eigenvalue weighted by atomic mass is 10.1. The highest BCUT2D eigenvalue weighted by Gasteiger charge is 2.10. The van der Waals surface area contributed by atoms with Crippen molar-refractivity contribution in [2.45, 2.75) is 13.0 Å². The highest BCUT2D eigenvalue weighted by atomic mass is 19.1. The maximum atomic E-state index is 13.4. The van der Waals surface area contributed by atoms with Gasteiger partial charge in [-0.2, -0.15) is 0 Å². The molecule has 2 rings (SSSR count). The smallest absolute Gasteiger partial charge is 0.312 e. The van der Waals surface area contributed by atoms with E-state index in [1.165, 1.54) is 37.6 Å². The number of aromatic nitrogens is 2. The van der Waals surface area contributed by atoms with Crippen molar-refractivity contribution in [3.63, 3.8) is 0 Å². The van der Waals surface area contributed by atoms with Gasteiger partial charge >= 0.3 is 11.1 Å². The zero-order valence-corrected chi connectivity index (χ0v) is 10.9. The maximum Gasteiger partial charge on any atom is 0.316 e. The molecule has 0 fully saturated rings. The van der Waals surface area contributed by atoms with E-state index in [0.717, 1.165) is 9.13 Å². The Hall–Kier alpha value is -2.50. The largest absolute Gasteiger partial charge is 0.316 e. The third kappa shape index (κ3) is 2.90. The number of rotatable bonds is 4. The van der Waals surface area contributed by atoms with Crippen LogP contribution in [0.1, 0.15) is 5.56 Å². The molecular weight excluding hydrogens is 263 g/mol. The van der Waals surface area contributed by atoms with Crippen LogP contribution in [0.2, 0.25) is 0 Å². The Morgan fingerprint density at radius 2 is 1.85 bits per heavy atom. The fourth-order valence-corrected chi connectivity index (χ4v) is 1.81. The molecule has 0 saturated heterocycles. The van der Waals surface area contributed by atoms with Crippen LogP contribution in [0.3, 0.4) is 0 Å². The van der Waals surface area contributed by atoms with E-state index in [4.69, 9.17) is 0 Å². The van der Waals surface area contributed by atoms with E-state index in [9.17, 15) is 18.8 Å². The van der Waals surface area contributed by atoms with Crippen molar-refractivity contribution in [2.24, 2.45) is 7.05 Å². The molecule has 0 spiro atoms. The molecule has 5 nitrogen and oxygen atoms in total. The van der Waals surface area contributed by atoms with Gasteiger partial charge in [0.05, 0.1) is 6.54 Å². The zero-order valence-electron chi connectivity index (χ0n) is 10.9. The number of aryl methyl sites for hydroxylation is 1. The van der Waals surface area contributed by atoms with Crippen molar-refractivity contribution >= 4 is 5.78 Å². The molecule has 1 aromatic carbocycles. The molecule has 0 atom stereocenters. The van der Waals surface area contributed by atoms with E-state index >= 15 is 0 Å². The van der Waals surface area contributed by atoms with Gasteiger partial charge in [0, 0.05) is 25.9 Å². The van der Waals surface area contributed by atoms with E-state index in [1.807, 2.05) is 0 Å². The molecule has 0 aliphatic heterocycles. The molecule has 104 valence electrons. The summed E-state index contributed by atoms with van der Waals surface area (Å²) in [4.78, 5) is 34.9. The van der Waals surface area contributed by atoms with Crippen LogP contribution < -0.4 is 11.1 Å². The van der Waals surface area contributed by atoms with E-state index < -0.39 is 16.9 Å². The van der Waals surface area contributed by atoms with Gasteiger partial charge in [-0.05, 0) is 11.6 Å². The Morgan fingerprint density at radius 1 is 1.15 bits per heavy atom. The molecule has 6 heteroatoms. The molecule has 0 unspecified atom stereocenters. The molecule has 0 saturated carbocycles. The van der Waals surface area contributed by atoms with Crippen LogP contribution >= 0.6 is 0 Å². The summed E-state index contributed by atoms with van der Waals surface area (Å²) in [7, 11) is 1.45. The van der Waals surface area contributed by atoms with Gasteiger partial charge in [-0.25, -0.2) is 4.39 Å². The van der Waals surface area contributed by atoms with E-state index in [0.29, 0.717) is 0 Å². The van der Waals surface area contributed by atoms with Gasteiger partial charge in [0.1, 0.15) is 5.82 Å². The molecule has 2 aromatic rings. The van der Waals surface area contributed by atoms with Gasteiger partial charge in [0.25, 0.3) is 0 Å². The number of halogens is 1. The third-order valence-corrected chi connectivity index (χ3v) is 2.93. The summed E-state index contributed by atoms with van der Waals surface area (Å²) in [5, 5.41) is 0. The maximum absolute atomic E-state index is 13.4. The molecule has 0 N–H and O–H groups in total. The summed E-state index contributed by atoms with van der Waals surface area (Å²) in [6, 6.07) is 5.96. The first-order valence-corrected chi connectivity index (χ1v) is 6.00. The van der Waals surface area contributed by atoms with E-state index in [2.05, 4.69) is 0 Å². The lowest BCUT2D eigenvalue weighted by Gasteiger charge is -2.06. The van der Waals surface area contributed by atoms with Crippen molar-refractivity contribution in [3.05, 3.63) is 68.7 Å². The Labute approximate surface area is 113 Å². The van der Waals surface area contributed by atoms with E-state index in [1.54, 1.807) is 6.07 Å². The van der Waals surface area contributed by atoms with Gasteiger partial charge in [0.2, 0.25) is 0 Å². The first-order valence-electron chi connectivity index (χ1n) is 6.00. The number of Topliss-reactive ketones (excluding diaryl/α,β-unsaturated/α-hetero) is 1. The molecule has 1 heterocycles. The SMILES string of the molecule is Cn1ccn(CC(=O)Cc2ccccc2F)c(=O)c1=O. The number of nitrogens with zero attached hydrogens (tertiary/aromatic N) is 2. The highest BCUT2D eigenvalue weighted by molar-refractivity contribution is 5.80. The normalized spacial score (nSPS) is 10.5. The summed E-state index contributed by atoms with van der Waals surface area (Å²) in [6.07, 6.45) is 2.65. The number of hydrogen-bond acceptors (Lipinski definition) is 3. The number of benzene rings is 1. The van der Waals surface area contributed by atoms with Crippen LogP contribution in [0, 0.1) is 5.82 Å². The van der Waals surface area contributed by atoms with Crippen LogP contribution in [-0.2, 0) is 24.8 Å². The van der Waals surface area contributed by atoms with Crippen molar-refractivity contribution in [3.8, 4) is 0 Å². The second-order valence-corrected chi connectivity index (χ2v) is 4.45. The minimum Gasteiger partial charge on any atom is -0.312 e. The third-order valence-electron chi connectivity index (χ3n) is 2.93. The predicted octanol–water partition coefficient (Wildman–Crippen LogP) is 0.498. The number of carbonyl (C=O) groups excluding carboxylic acids is 1. The first kappa shape index (κ1) is 13.9. The molecule has 0 amide bonds. The van der Waals surface area contributed by atoms with Crippen molar-refractivity contribution < 1.29 is 9.18 Å². The lowest BCUT2D eigenvalue weighted by Crippen LogP contribution is -2.40. The molecular formula is C14H13FN2O3. The van der Waals surface area contributed by atoms with Gasteiger partial charge in [-0.1, -0.05) is 18.2 Å². The number of hydrogen-bond donors (Lipinski definition) is 0. The average molecular weight is 276 g/mol. The van der Waals surface area contributed by atoms with Crippen LogP contribution in [0.4, 0.5) is 4.39 Å². The fraction of sp³-hybridized carbons (Fsp3) is 0.214. The second-order valence-electron chi connectivity index (χ2n) is 4.45. The van der Waals surface area contributed by atoms with Gasteiger partial charge in [0.15, 0.2) is 5.78 Å². The average Bonchev–Trinajstić information content (AvgIpc) is 2.42. The highest BCUT2D eigenvalue weighted by Crippen LogP contribution is 2.07. The van der Waals surface area contributed by atoms with Crippen LogP contribution in [0.15, 0.2) is 46.2 Å². The molecule has 0 aliphatic carbocycles.